The number of rotatable bonds is 10. The number of nitrogens with two attached hydrogens (primary N) is 1. The van der Waals surface area contributed by atoms with Crippen molar-refractivity contribution in [2.75, 3.05) is 48.3 Å². The Morgan fingerprint density at radius 3 is 1.73 bits per heavy atom. The predicted octanol–water partition coefficient (Wildman–Crippen LogP) is -0.540. The second-order valence-electron chi connectivity index (χ2n) is 2.67. The van der Waals surface area contributed by atoms with Gasteiger partial charge in [-0.3, -0.25) is 5.73 Å². The number of methoxy groups -OCH3 is 3. The first-order valence-electron chi connectivity index (χ1n) is 4.30. The van der Waals surface area contributed by atoms with Crippen LogP contribution >= 0.6 is 0 Å². The smallest absolute Gasteiger partial charge is 0.253 e. The Hall–Kier alpha value is -0.280. The zero-order valence-electron chi connectivity index (χ0n) is 9.36. The molecule has 0 aromatic carbocycles. The molecule has 0 bridgehead atoms. The van der Waals surface area contributed by atoms with Crippen LogP contribution in [0.5, 0.6) is 0 Å². The third-order valence-corrected chi connectivity index (χ3v) is 1.35. The summed E-state index contributed by atoms with van der Waals surface area (Å²) in [6.07, 6.45) is 0. The molecule has 0 saturated heterocycles. The zero-order valence-corrected chi connectivity index (χ0v) is 9.36. The van der Waals surface area contributed by atoms with E-state index in [2.05, 4.69) is 0 Å². The Kier molecular flexibility index (Phi) is 8.82. The van der Waals surface area contributed by atoms with Gasteiger partial charge in [0.1, 0.15) is 13.4 Å². The van der Waals surface area contributed by atoms with E-state index in [1.165, 1.54) is 21.3 Å². The lowest BCUT2D eigenvalue weighted by molar-refractivity contribution is -0.312. The molecular weight excluding hydrogens is 206 g/mol. The van der Waals surface area contributed by atoms with E-state index in [9.17, 15) is 0 Å². The molecule has 0 aromatic rings. The normalized spacial score (nSPS) is 12.0. The van der Waals surface area contributed by atoms with Crippen LogP contribution in [0, 0.1) is 0 Å². The van der Waals surface area contributed by atoms with E-state index >= 15 is 0 Å². The van der Waals surface area contributed by atoms with Gasteiger partial charge in [-0.25, -0.2) is 0 Å². The van der Waals surface area contributed by atoms with Crippen molar-refractivity contribution >= 4 is 0 Å². The summed E-state index contributed by atoms with van der Waals surface area (Å²) in [6, 6.07) is 0. The summed E-state index contributed by atoms with van der Waals surface area (Å²) < 4.78 is 29.4. The highest BCUT2D eigenvalue weighted by Gasteiger charge is 2.27. The third kappa shape index (κ3) is 7.63. The summed E-state index contributed by atoms with van der Waals surface area (Å²) in [7, 11) is 4.46. The Labute approximate surface area is 89.3 Å². The molecule has 0 spiro atoms. The van der Waals surface area contributed by atoms with Crippen molar-refractivity contribution in [1.82, 2.24) is 0 Å². The molecule has 15 heavy (non-hydrogen) atoms. The van der Waals surface area contributed by atoms with Gasteiger partial charge in [-0.15, -0.1) is 0 Å². The van der Waals surface area contributed by atoms with Crippen LogP contribution in [0.25, 0.3) is 0 Å². The molecule has 0 fully saturated rings. The van der Waals surface area contributed by atoms with Crippen molar-refractivity contribution in [1.29, 1.82) is 0 Å². The minimum Gasteiger partial charge on any atom is -0.359 e. The summed E-state index contributed by atoms with van der Waals surface area (Å²) in [5, 5.41) is 0. The minimum absolute atomic E-state index is 0.00342. The molecule has 7 heteroatoms. The fraction of sp³-hybridized carbons (Fsp3) is 1.00. The first kappa shape index (κ1) is 14.7. The molecule has 0 aliphatic carbocycles. The van der Waals surface area contributed by atoms with Crippen LogP contribution in [-0.2, 0) is 28.4 Å². The van der Waals surface area contributed by atoms with Gasteiger partial charge in [0.05, 0.1) is 0 Å². The maximum Gasteiger partial charge on any atom is 0.253 e. The highest BCUT2D eigenvalue weighted by atomic mass is 16.8. The van der Waals surface area contributed by atoms with Crippen molar-refractivity contribution in [3.63, 3.8) is 0 Å². The first-order chi connectivity index (χ1) is 7.18. The summed E-state index contributed by atoms with van der Waals surface area (Å²) in [5.41, 5.74) is 5.73. The van der Waals surface area contributed by atoms with E-state index in [-0.39, 0.29) is 27.0 Å². The molecule has 0 rings (SSSR count). The van der Waals surface area contributed by atoms with Crippen molar-refractivity contribution in [3.8, 4) is 0 Å². The Bertz CT molecular complexity index is 137. The van der Waals surface area contributed by atoms with Gasteiger partial charge in [-0.05, 0) is 0 Å². The van der Waals surface area contributed by atoms with E-state index in [0.29, 0.717) is 0 Å². The summed E-state index contributed by atoms with van der Waals surface area (Å²) in [5.74, 6) is -1.40. The van der Waals surface area contributed by atoms with Crippen LogP contribution in [0.3, 0.4) is 0 Å². The molecule has 7 nitrogen and oxygen atoms in total. The maximum absolute atomic E-state index is 5.73. The van der Waals surface area contributed by atoms with E-state index in [0.717, 1.165) is 0 Å². The minimum atomic E-state index is -1.40. The second kappa shape index (κ2) is 8.98. The number of hydrogen-bond acceptors (Lipinski definition) is 7. The molecule has 0 aliphatic rings. The molecule has 0 atom stereocenters. The lowest BCUT2D eigenvalue weighted by Crippen LogP contribution is -2.50. The monoisotopic (exact) mass is 225 g/mol. The highest BCUT2D eigenvalue weighted by molar-refractivity contribution is 4.57. The standard InChI is InChI=1S/C8H19NO6/c1-10-5-13-4-8(9,14-6-11-2)15-7-12-3/h4-7,9H2,1-3H3. The van der Waals surface area contributed by atoms with Crippen molar-refractivity contribution in [2.45, 2.75) is 5.91 Å². The fourth-order valence-electron chi connectivity index (χ4n) is 0.710. The molecule has 0 aliphatic heterocycles. The molecule has 0 heterocycles. The molecule has 0 radical (unpaired) electrons. The fourth-order valence-corrected chi connectivity index (χ4v) is 0.710. The van der Waals surface area contributed by atoms with Gasteiger partial charge in [-0.2, -0.15) is 0 Å². The van der Waals surface area contributed by atoms with Crippen LogP contribution in [0.15, 0.2) is 0 Å². The van der Waals surface area contributed by atoms with E-state index < -0.39 is 5.91 Å². The Balaban J connectivity index is 3.89. The van der Waals surface area contributed by atoms with Crippen molar-refractivity contribution < 1.29 is 28.4 Å². The van der Waals surface area contributed by atoms with Crippen LogP contribution < -0.4 is 5.73 Å². The predicted molar refractivity (Wildman–Crippen MR) is 50.7 cm³/mol. The Morgan fingerprint density at radius 1 is 0.867 bits per heavy atom. The highest BCUT2D eigenvalue weighted by Crippen LogP contribution is 2.06. The Morgan fingerprint density at radius 2 is 1.33 bits per heavy atom. The van der Waals surface area contributed by atoms with Crippen LogP contribution in [0.4, 0.5) is 0 Å². The average molecular weight is 225 g/mol. The maximum atomic E-state index is 5.73. The molecule has 2 N–H and O–H groups in total. The van der Waals surface area contributed by atoms with Crippen molar-refractivity contribution in [3.05, 3.63) is 0 Å². The number of ether oxygens (including phenoxy) is 6. The topological polar surface area (TPSA) is 81.4 Å². The number of hydrogen-bond donors (Lipinski definition) is 1. The average Bonchev–Trinajstić information content (AvgIpc) is 2.24. The van der Waals surface area contributed by atoms with Crippen LogP contribution in [-0.4, -0.2) is 54.2 Å². The summed E-state index contributed by atoms with van der Waals surface area (Å²) >= 11 is 0. The van der Waals surface area contributed by atoms with Gasteiger partial charge in [0.15, 0.2) is 13.6 Å². The summed E-state index contributed by atoms with van der Waals surface area (Å²) in [6.45, 7) is 0.103. The lowest BCUT2D eigenvalue weighted by atomic mass is 10.5. The van der Waals surface area contributed by atoms with Gasteiger partial charge >= 0.3 is 0 Å². The van der Waals surface area contributed by atoms with Gasteiger partial charge in [0.25, 0.3) is 5.91 Å². The van der Waals surface area contributed by atoms with Crippen LogP contribution in [0.2, 0.25) is 0 Å². The molecule has 0 saturated carbocycles. The lowest BCUT2D eigenvalue weighted by Gasteiger charge is -2.28. The van der Waals surface area contributed by atoms with Crippen molar-refractivity contribution in [2.24, 2.45) is 5.73 Å². The van der Waals surface area contributed by atoms with Gasteiger partial charge in [0.2, 0.25) is 0 Å². The van der Waals surface area contributed by atoms with Crippen LogP contribution in [0.1, 0.15) is 0 Å². The molecule has 0 unspecified atom stereocenters. The summed E-state index contributed by atoms with van der Waals surface area (Å²) in [4.78, 5) is 0. The first-order valence-corrected chi connectivity index (χ1v) is 4.30. The molecule has 0 amide bonds. The van der Waals surface area contributed by atoms with Gasteiger partial charge in [-0.1, -0.05) is 0 Å². The van der Waals surface area contributed by atoms with Gasteiger partial charge < -0.3 is 28.4 Å². The van der Waals surface area contributed by atoms with E-state index in [4.69, 9.17) is 34.2 Å². The zero-order chi connectivity index (χ0) is 11.6. The largest absolute Gasteiger partial charge is 0.359 e. The third-order valence-electron chi connectivity index (χ3n) is 1.35. The molecule has 0 aromatic heterocycles. The molecule has 92 valence electrons. The second-order valence-corrected chi connectivity index (χ2v) is 2.67. The van der Waals surface area contributed by atoms with E-state index in [1.807, 2.05) is 0 Å². The van der Waals surface area contributed by atoms with E-state index in [1.54, 1.807) is 0 Å². The molecular formula is C8H19NO6. The van der Waals surface area contributed by atoms with Gasteiger partial charge in [0, 0.05) is 21.3 Å². The SMILES string of the molecule is COCOCC(N)(OCOC)OCOC. The quantitative estimate of drug-likeness (QED) is 0.395.